The second kappa shape index (κ2) is 6.18. The summed E-state index contributed by atoms with van der Waals surface area (Å²) in [6.07, 6.45) is 1.31. The van der Waals surface area contributed by atoms with E-state index in [-0.39, 0.29) is 16.9 Å². The van der Waals surface area contributed by atoms with Crippen molar-refractivity contribution in [2.75, 3.05) is 0 Å². The van der Waals surface area contributed by atoms with Crippen LogP contribution in [0.25, 0.3) is 16.7 Å². The van der Waals surface area contributed by atoms with E-state index in [4.69, 9.17) is 25.5 Å². The fraction of sp³-hybridized carbons (Fsp3) is 0.105. The first-order chi connectivity index (χ1) is 12.1. The first-order valence-electron chi connectivity index (χ1n) is 7.64. The standard InChI is InChI=1S/C19H13ClO5/c20-12-6-7-14-13(9-12)17(21)18(22)19(25-14)15-10-23-16(24-15)8-11-4-2-1-3-5-11/h1-7,9-10,16,22H,8H2. The molecule has 1 aliphatic rings. The Morgan fingerprint density at radius 2 is 1.92 bits per heavy atom. The van der Waals surface area contributed by atoms with Gasteiger partial charge in [0, 0.05) is 11.4 Å². The van der Waals surface area contributed by atoms with Crippen LogP contribution in [0.15, 0.2) is 64.0 Å². The summed E-state index contributed by atoms with van der Waals surface area (Å²) in [5.41, 5.74) is 0.772. The number of hydrogen-bond acceptors (Lipinski definition) is 5. The van der Waals surface area contributed by atoms with Gasteiger partial charge in [-0.25, -0.2) is 0 Å². The van der Waals surface area contributed by atoms with Crippen LogP contribution in [0.1, 0.15) is 11.3 Å². The predicted octanol–water partition coefficient (Wildman–Crippen LogP) is 4.07. The molecule has 1 N–H and O–H groups in total. The van der Waals surface area contributed by atoms with Gasteiger partial charge in [0.2, 0.25) is 29.0 Å². The lowest BCUT2D eigenvalue weighted by atomic mass is 10.1. The second-order valence-corrected chi connectivity index (χ2v) is 6.04. The number of hydrogen-bond donors (Lipinski definition) is 1. The number of aromatic hydroxyl groups is 1. The average molecular weight is 357 g/mol. The Morgan fingerprint density at radius 3 is 2.72 bits per heavy atom. The molecule has 126 valence electrons. The third-order valence-corrected chi connectivity index (χ3v) is 4.12. The monoisotopic (exact) mass is 356 g/mol. The first-order valence-corrected chi connectivity index (χ1v) is 8.01. The molecule has 3 aromatic rings. The molecule has 2 aromatic carbocycles. The normalized spacial score (nSPS) is 16.4. The highest BCUT2D eigenvalue weighted by atomic mass is 35.5. The Balaban J connectivity index is 1.63. The van der Waals surface area contributed by atoms with Crippen molar-refractivity contribution in [1.29, 1.82) is 0 Å². The summed E-state index contributed by atoms with van der Waals surface area (Å²) in [4.78, 5) is 12.3. The molecular weight excluding hydrogens is 344 g/mol. The van der Waals surface area contributed by atoms with Crippen LogP contribution in [0.2, 0.25) is 5.02 Å². The third kappa shape index (κ3) is 2.94. The number of rotatable bonds is 3. The van der Waals surface area contributed by atoms with E-state index in [1.807, 2.05) is 30.3 Å². The van der Waals surface area contributed by atoms with Crippen molar-refractivity contribution < 1.29 is 19.0 Å². The zero-order chi connectivity index (χ0) is 17.4. The van der Waals surface area contributed by atoms with Crippen LogP contribution in [0.5, 0.6) is 5.75 Å². The van der Waals surface area contributed by atoms with E-state index in [1.165, 1.54) is 12.3 Å². The Morgan fingerprint density at radius 1 is 1.12 bits per heavy atom. The van der Waals surface area contributed by atoms with Crippen molar-refractivity contribution in [3.8, 4) is 5.75 Å². The smallest absolute Gasteiger partial charge is 0.244 e. The van der Waals surface area contributed by atoms with Crippen molar-refractivity contribution in [2.24, 2.45) is 0 Å². The summed E-state index contributed by atoms with van der Waals surface area (Å²) < 4.78 is 16.8. The van der Waals surface area contributed by atoms with E-state index in [9.17, 15) is 9.90 Å². The van der Waals surface area contributed by atoms with Gasteiger partial charge in [-0.15, -0.1) is 0 Å². The molecule has 25 heavy (non-hydrogen) atoms. The van der Waals surface area contributed by atoms with Gasteiger partial charge >= 0.3 is 0 Å². The van der Waals surface area contributed by atoms with E-state index < -0.39 is 17.5 Å². The minimum absolute atomic E-state index is 0.0598. The Bertz CT molecular complexity index is 1020. The van der Waals surface area contributed by atoms with Gasteiger partial charge in [-0.2, -0.15) is 0 Å². The van der Waals surface area contributed by atoms with Crippen molar-refractivity contribution >= 4 is 28.3 Å². The fourth-order valence-electron chi connectivity index (χ4n) is 2.66. The van der Waals surface area contributed by atoms with Gasteiger partial charge < -0.3 is 19.0 Å². The molecule has 4 rings (SSSR count). The van der Waals surface area contributed by atoms with Crippen LogP contribution >= 0.6 is 11.6 Å². The zero-order valence-electron chi connectivity index (χ0n) is 12.9. The molecule has 0 saturated heterocycles. The molecule has 0 fully saturated rings. The van der Waals surface area contributed by atoms with Crippen LogP contribution in [0, 0.1) is 0 Å². The predicted molar refractivity (Wildman–Crippen MR) is 93.2 cm³/mol. The lowest BCUT2D eigenvalue weighted by Gasteiger charge is -2.12. The lowest BCUT2D eigenvalue weighted by molar-refractivity contribution is -0.0145. The summed E-state index contributed by atoms with van der Waals surface area (Å²) in [6.45, 7) is 0. The lowest BCUT2D eigenvalue weighted by Crippen LogP contribution is -2.12. The van der Waals surface area contributed by atoms with Gasteiger partial charge in [0.25, 0.3) is 0 Å². The molecule has 0 radical (unpaired) electrons. The van der Waals surface area contributed by atoms with Gasteiger partial charge in [-0.3, -0.25) is 4.79 Å². The third-order valence-electron chi connectivity index (χ3n) is 3.88. The minimum Gasteiger partial charge on any atom is -0.501 e. The number of fused-ring (bicyclic) bond motifs is 1. The van der Waals surface area contributed by atoms with Gasteiger partial charge in [0.15, 0.2) is 0 Å². The zero-order valence-corrected chi connectivity index (χ0v) is 13.7. The topological polar surface area (TPSA) is 68.9 Å². The molecule has 0 amide bonds. The van der Waals surface area contributed by atoms with Crippen molar-refractivity contribution in [2.45, 2.75) is 12.7 Å². The van der Waals surface area contributed by atoms with Gasteiger partial charge in [-0.1, -0.05) is 41.9 Å². The Kier molecular flexibility index (Phi) is 3.86. The summed E-state index contributed by atoms with van der Waals surface area (Å²) in [7, 11) is 0. The second-order valence-electron chi connectivity index (χ2n) is 5.60. The maximum absolute atomic E-state index is 12.3. The maximum atomic E-state index is 12.3. The molecule has 0 spiro atoms. The first kappa shape index (κ1) is 15.6. The van der Waals surface area contributed by atoms with E-state index in [2.05, 4.69) is 0 Å². The number of benzene rings is 2. The van der Waals surface area contributed by atoms with Crippen LogP contribution in [0.3, 0.4) is 0 Å². The molecular formula is C19H13ClO5. The molecule has 1 aromatic heterocycles. The van der Waals surface area contributed by atoms with E-state index >= 15 is 0 Å². The molecule has 0 saturated carbocycles. The minimum atomic E-state index is -0.574. The Hall–Kier alpha value is -2.92. The largest absolute Gasteiger partial charge is 0.501 e. The van der Waals surface area contributed by atoms with Crippen LogP contribution < -0.4 is 5.43 Å². The maximum Gasteiger partial charge on any atom is 0.244 e. The van der Waals surface area contributed by atoms with Gasteiger partial charge in [-0.05, 0) is 23.8 Å². The quantitative estimate of drug-likeness (QED) is 0.766. The highest BCUT2D eigenvalue weighted by molar-refractivity contribution is 6.31. The summed E-state index contributed by atoms with van der Waals surface area (Å²) in [5.74, 6) is -0.423. The van der Waals surface area contributed by atoms with Crippen molar-refractivity contribution in [3.63, 3.8) is 0 Å². The van der Waals surface area contributed by atoms with Crippen LogP contribution in [-0.4, -0.2) is 11.4 Å². The molecule has 1 aliphatic heterocycles. The highest BCUT2D eigenvalue weighted by Gasteiger charge is 2.27. The summed E-state index contributed by atoms with van der Waals surface area (Å²) >= 11 is 5.89. The highest BCUT2D eigenvalue weighted by Crippen LogP contribution is 2.32. The van der Waals surface area contributed by atoms with Crippen LogP contribution in [0.4, 0.5) is 0 Å². The average Bonchev–Trinajstić information content (AvgIpc) is 3.07. The number of ether oxygens (including phenoxy) is 2. The molecule has 5 nitrogen and oxygen atoms in total. The van der Waals surface area contributed by atoms with E-state index in [1.54, 1.807) is 12.1 Å². The molecule has 0 bridgehead atoms. The van der Waals surface area contributed by atoms with Crippen molar-refractivity contribution in [1.82, 2.24) is 0 Å². The molecule has 0 aliphatic carbocycles. The molecule has 6 heteroatoms. The summed E-state index contributed by atoms with van der Waals surface area (Å²) in [6, 6.07) is 14.3. The summed E-state index contributed by atoms with van der Waals surface area (Å²) in [5, 5.41) is 10.8. The van der Waals surface area contributed by atoms with Crippen molar-refractivity contribution in [3.05, 3.63) is 81.4 Å². The van der Waals surface area contributed by atoms with Gasteiger partial charge in [0.1, 0.15) is 11.8 Å². The molecule has 1 unspecified atom stereocenters. The molecule has 2 heterocycles. The Labute approximate surface area is 147 Å². The van der Waals surface area contributed by atoms with E-state index in [0.29, 0.717) is 17.0 Å². The fourth-order valence-corrected chi connectivity index (χ4v) is 2.83. The van der Waals surface area contributed by atoms with E-state index in [0.717, 1.165) is 5.56 Å². The van der Waals surface area contributed by atoms with Crippen LogP contribution in [-0.2, 0) is 15.9 Å². The SMILES string of the molecule is O=c1c(O)c(C2=COC(Cc3ccccc3)O2)oc2ccc(Cl)cc12. The van der Waals surface area contributed by atoms with Gasteiger partial charge in [0.05, 0.1) is 5.39 Å². The number of halogens is 1. The molecule has 1 atom stereocenters.